The predicted molar refractivity (Wildman–Crippen MR) is 139 cm³/mol. The Morgan fingerprint density at radius 1 is 1.11 bits per heavy atom. The van der Waals surface area contributed by atoms with E-state index in [0.717, 1.165) is 36.6 Å². The Labute approximate surface area is 208 Å². The van der Waals surface area contributed by atoms with Crippen LogP contribution in [0.4, 0.5) is 0 Å². The van der Waals surface area contributed by atoms with Crippen LogP contribution in [-0.4, -0.2) is 15.5 Å². The van der Waals surface area contributed by atoms with Gasteiger partial charge in [0.15, 0.2) is 5.16 Å². The number of rotatable bonds is 7. The summed E-state index contributed by atoms with van der Waals surface area (Å²) in [7, 11) is 0. The molecule has 2 aromatic heterocycles. The fourth-order valence-electron chi connectivity index (χ4n) is 4.60. The van der Waals surface area contributed by atoms with E-state index >= 15 is 0 Å². The van der Waals surface area contributed by atoms with Crippen molar-refractivity contribution in [1.82, 2.24) is 14.9 Å². The van der Waals surface area contributed by atoms with Gasteiger partial charge in [-0.1, -0.05) is 60.9 Å². The van der Waals surface area contributed by atoms with E-state index < -0.39 is 0 Å². The summed E-state index contributed by atoms with van der Waals surface area (Å²) < 4.78 is 7.20. The highest BCUT2D eigenvalue weighted by atomic mass is 32.2. The Morgan fingerprint density at radius 3 is 2.66 bits per heavy atom. The molecule has 1 amide bonds. The normalized spacial score (nSPS) is 14.3. The van der Waals surface area contributed by atoms with Crippen molar-refractivity contribution in [3.05, 3.63) is 93.7 Å². The van der Waals surface area contributed by atoms with Gasteiger partial charge in [-0.05, 0) is 55.7 Å². The monoisotopic (exact) mass is 487 g/mol. The summed E-state index contributed by atoms with van der Waals surface area (Å²) in [5.41, 5.74) is 3.42. The lowest BCUT2D eigenvalue weighted by atomic mass is 9.95. The van der Waals surface area contributed by atoms with E-state index in [2.05, 4.69) is 36.5 Å². The maximum absolute atomic E-state index is 13.7. The third kappa shape index (κ3) is 5.35. The summed E-state index contributed by atoms with van der Waals surface area (Å²) in [5.74, 6) is 1.19. The molecule has 4 aromatic rings. The number of amides is 1. The zero-order valence-electron chi connectivity index (χ0n) is 19.8. The van der Waals surface area contributed by atoms with Gasteiger partial charge in [0, 0.05) is 17.4 Å². The second-order valence-electron chi connectivity index (χ2n) is 9.13. The molecule has 1 aliphatic rings. The molecule has 1 saturated carbocycles. The predicted octanol–water partition coefficient (Wildman–Crippen LogP) is 6.03. The van der Waals surface area contributed by atoms with Crippen LogP contribution in [0.3, 0.4) is 0 Å². The number of nitrogens with zero attached hydrogens (tertiary/aromatic N) is 2. The van der Waals surface area contributed by atoms with Crippen molar-refractivity contribution in [1.29, 1.82) is 0 Å². The third-order valence-corrected chi connectivity index (χ3v) is 7.59. The highest BCUT2D eigenvalue weighted by molar-refractivity contribution is 7.98. The summed E-state index contributed by atoms with van der Waals surface area (Å²) in [4.78, 5) is 31.3. The molecule has 35 heavy (non-hydrogen) atoms. The highest BCUT2D eigenvalue weighted by Gasteiger charge is 2.22. The molecule has 0 radical (unpaired) electrons. The van der Waals surface area contributed by atoms with Gasteiger partial charge in [-0.3, -0.25) is 14.2 Å². The fraction of sp³-hybridized carbons (Fsp3) is 0.321. The van der Waals surface area contributed by atoms with Gasteiger partial charge in [-0.25, -0.2) is 4.98 Å². The molecule has 0 spiro atoms. The minimum Gasteiger partial charge on any atom is -0.467 e. The lowest BCUT2D eigenvalue weighted by Crippen LogP contribution is -2.29. The summed E-state index contributed by atoms with van der Waals surface area (Å²) >= 11 is 1.59. The van der Waals surface area contributed by atoms with Gasteiger partial charge in [0.05, 0.1) is 23.7 Å². The third-order valence-electron chi connectivity index (χ3n) is 6.56. The first-order valence-electron chi connectivity index (χ1n) is 12.1. The van der Waals surface area contributed by atoms with Gasteiger partial charge in [0.2, 0.25) is 0 Å². The molecule has 2 heterocycles. The van der Waals surface area contributed by atoms with Crippen LogP contribution in [0.2, 0.25) is 0 Å². The lowest BCUT2D eigenvalue weighted by molar-refractivity contribution is 0.0948. The van der Waals surface area contributed by atoms with Crippen molar-refractivity contribution in [2.45, 2.75) is 62.5 Å². The first kappa shape index (κ1) is 23.4. The number of fused-ring (bicyclic) bond motifs is 1. The number of carbonyl (C=O) groups excluding carboxylic acids is 1. The number of hydrogen-bond acceptors (Lipinski definition) is 5. The molecule has 1 aliphatic carbocycles. The number of aryl methyl sites for hydroxylation is 1. The van der Waals surface area contributed by atoms with Gasteiger partial charge < -0.3 is 9.73 Å². The van der Waals surface area contributed by atoms with Crippen molar-refractivity contribution < 1.29 is 9.21 Å². The average Bonchev–Trinajstić information content (AvgIpc) is 3.41. The quantitative estimate of drug-likeness (QED) is 0.255. The van der Waals surface area contributed by atoms with E-state index in [1.54, 1.807) is 42.3 Å². The van der Waals surface area contributed by atoms with E-state index in [4.69, 9.17) is 9.40 Å². The molecule has 0 bridgehead atoms. The highest BCUT2D eigenvalue weighted by Crippen LogP contribution is 2.32. The van der Waals surface area contributed by atoms with Crippen LogP contribution in [0, 0.1) is 6.92 Å². The van der Waals surface area contributed by atoms with Crippen molar-refractivity contribution in [2.75, 3.05) is 0 Å². The molecular formula is C28H29N3O3S. The Morgan fingerprint density at radius 2 is 1.91 bits per heavy atom. The standard InChI is InChI=1S/C28H29N3O3S/c1-19-9-11-20(12-10-19)18-35-28-30-25-16-21(26(32)29-17-23-8-5-15-34-23)13-14-24(25)27(33)31(28)22-6-3-2-4-7-22/h5,8-16,22H,2-4,6-7,17-18H2,1H3,(H,29,32). The lowest BCUT2D eigenvalue weighted by Gasteiger charge is -2.26. The molecule has 180 valence electrons. The van der Waals surface area contributed by atoms with E-state index in [0.29, 0.717) is 28.8 Å². The smallest absolute Gasteiger partial charge is 0.262 e. The van der Waals surface area contributed by atoms with Crippen molar-refractivity contribution >= 4 is 28.6 Å². The van der Waals surface area contributed by atoms with Crippen molar-refractivity contribution in [3.8, 4) is 0 Å². The molecule has 6 nitrogen and oxygen atoms in total. The Kier molecular flexibility index (Phi) is 7.04. The fourth-order valence-corrected chi connectivity index (χ4v) is 5.62. The van der Waals surface area contributed by atoms with Crippen LogP contribution >= 0.6 is 11.8 Å². The molecule has 0 unspecified atom stereocenters. The van der Waals surface area contributed by atoms with Crippen molar-refractivity contribution in [3.63, 3.8) is 0 Å². The van der Waals surface area contributed by atoms with Gasteiger partial charge in [-0.2, -0.15) is 0 Å². The summed E-state index contributed by atoms with van der Waals surface area (Å²) in [5, 5.41) is 4.14. The first-order chi connectivity index (χ1) is 17.1. The largest absolute Gasteiger partial charge is 0.467 e. The zero-order valence-corrected chi connectivity index (χ0v) is 20.6. The Balaban J connectivity index is 1.47. The van der Waals surface area contributed by atoms with Gasteiger partial charge in [0.25, 0.3) is 11.5 Å². The molecular weight excluding hydrogens is 458 g/mol. The number of carbonyl (C=O) groups is 1. The van der Waals surface area contributed by atoms with Gasteiger partial charge in [0.1, 0.15) is 5.76 Å². The zero-order chi connectivity index (χ0) is 24.2. The second kappa shape index (κ2) is 10.5. The summed E-state index contributed by atoms with van der Waals surface area (Å²) in [6.07, 6.45) is 7.05. The Hall–Kier alpha value is -3.32. The Bertz CT molecular complexity index is 1370. The maximum atomic E-state index is 13.7. The van der Waals surface area contributed by atoms with Crippen LogP contribution in [0.5, 0.6) is 0 Å². The van der Waals surface area contributed by atoms with Gasteiger partial charge >= 0.3 is 0 Å². The number of hydrogen-bond donors (Lipinski definition) is 1. The molecule has 1 N–H and O–H groups in total. The number of nitrogens with one attached hydrogen (secondary N) is 1. The number of thioether (sulfide) groups is 1. The summed E-state index contributed by atoms with van der Waals surface area (Å²) in [6.45, 7) is 2.38. The number of aromatic nitrogens is 2. The molecule has 2 aromatic carbocycles. The van der Waals surface area contributed by atoms with E-state index in [1.807, 2.05) is 10.6 Å². The minimum absolute atomic E-state index is 0.0177. The molecule has 0 aliphatic heterocycles. The molecule has 0 saturated heterocycles. The van der Waals surface area contributed by atoms with E-state index in [-0.39, 0.29) is 17.5 Å². The second-order valence-corrected chi connectivity index (χ2v) is 10.1. The van der Waals surface area contributed by atoms with Crippen LogP contribution < -0.4 is 10.9 Å². The van der Waals surface area contributed by atoms with E-state index in [9.17, 15) is 9.59 Å². The summed E-state index contributed by atoms with van der Waals surface area (Å²) in [6, 6.07) is 17.4. The van der Waals surface area contributed by atoms with Gasteiger partial charge in [-0.15, -0.1) is 0 Å². The van der Waals surface area contributed by atoms with Crippen LogP contribution in [0.25, 0.3) is 10.9 Å². The topological polar surface area (TPSA) is 77.1 Å². The molecule has 1 fully saturated rings. The maximum Gasteiger partial charge on any atom is 0.262 e. The number of benzene rings is 2. The SMILES string of the molecule is Cc1ccc(CSc2nc3cc(C(=O)NCc4ccco4)ccc3c(=O)n2C2CCCCC2)cc1. The first-order valence-corrected chi connectivity index (χ1v) is 13.1. The van der Waals surface area contributed by atoms with Crippen LogP contribution in [0.1, 0.15) is 65.4 Å². The molecule has 5 rings (SSSR count). The minimum atomic E-state index is -0.226. The van der Waals surface area contributed by atoms with Crippen LogP contribution in [0.15, 0.2) is 75.2 Å². The molecule has 0 atom stereocenters. The van der Waals surface area contributed by atoms with Crippen LogP contribution in [-0.2, 0) is 12.3 Å². The van der Waals surface area contributed by atoms with Crippen molar-refractivity contribution in [2.24, 2.45) is 0 Å². The average molecular weight is 488 g/mol. The van der Waals surface area contributed by atoms with E-state index in [1.165, 1.54) is 17.5 Å². The number of furan rings is 1. The molecule has 7 heteroatoms.